The summed E-state index contributed by atoms with van der Waals surface area (Å²) in [4.78, 5) is 2.59. The van der Waals surface area contributed by atoms with Gasteiger partial charge in [-0.2, -0.15) is 0 Å². The van der Waals surface area contributed by atoms with Crippen molar-refractivity contribution in [3.8, 4) is 34.5 Å². The van der Waals surface area contributed by atoms with E-state index in [1.54, 1.807) is 14.2 Å². The molecule has 0 aromatic heterocycles. The predicted molar refractivity (Wildman–Crippen MR) is 127 cm³/mol. The van der Waals surface area contributed by atoms with Crippen LogP contribution in [0.3, 0.4) is 0 Å². The molecule has 182 valence electrons. The van der Waals surface area contributed by atoms with E-state index in [0.717, 1.165) is 60.7 Å². The second-order valence-corrected chi connectivity index (χ2v) is 9.55. The average Bonchev–Trinajstić information content (AvgIpc) is 3.62. The van der Waals surface area contributed by atoms with E-state index in [-0.39, 0.29) is 18.4 Å². The number of methoxy groups -OCH3 is 2. The number of hydrogen-bond donors (Lipinski definition) is 0. The van der Waals surface area contributed by atoms with Gasteiger partial charge < -0.3 is 28.4 Å². The molecule has 0 radical (unpaired) electrons. The summed E-state index contributed by atoms with van der Waals surface area (Å²) in [7, 11) is 3.36. The fraction of sp³-hybridized carbons (Fsp3) is 0.556. The van der Waals surface area contributed by atoms with Gasteiger partial charge in [-0.15, -0.1) is 0 Å². The summed E-state index contributed by atoms with van der Waals surface area (Å²) in [6, 6.07) is 8.37. The van der Waals surface area contributed by atoms with E-state index >= 15 is 0 Å². The number of rotatable bonds is 6. The molecule has 6 rings (SSSR count). The van der Waals surface area contributed by atoms with Crippen LogP contribution in [0.5, 0.6) is 34.5 Å². The Balaban J connectivity index is 1.54. The molecule has 3 atom stereocenters. The minimum atomic E-state index is -0.305. The molecule has 0 amide bonds. The molecular weight excluding hydrogens is 434 g/mol. The number of hydrogen-bond acceptors (Lipinski definition) is 7. The van der Waals surface area contributed by atoms with Crippen molar-refractivity contribution in [1.29, 1.82) is 0 Å². The van der Waals surface area contributed by atoms with Crippen LogP contribution in [0.2, 0.25) is 0 Å². The van der Waals surface area contributed by atoms with E-state index in [2.05, 4.69) is 23.1 Å². The van der Waals surface area contributed by atoms with Crippen LogP contribution >= 0.6 is 0 Å². The molecule has 3 aliphatic heterocycles. The smallest absolute Gasteiger partial charge is 0.231 e. The van der Waals surface area contributed by atoms with E-state index in [1.165, 1.54) is 12.8 Å². The quantitative estimate of drug-likeness (QED) is 0.596. The Labute approximate surface area is 200 Å². The molecule has 2 aromatic carbocycles. The van der Waals surface area contributed by atoms with Gasteiger partial charge >= 0.3 is 0 Å². The average molecular weight is 468 g/mol. The fourth-order valence-corrected chi connectivity index (χ4v) is 6.55. The second-order valence-electron chi connectivity index (χ2n) is 9.55. The predicted octanol–water partition coefficient (Wildman–Crippen LogP) is 4.95. The molecule has 34 heavy (non-hydrogen) atoms. The molecule has 0 bridgehead atoms. The lowest BCUT2D eigenvalue weighted by Crippen LogP contribution is -2.58. The zero-order valence-electron chi connectivity index (χ0n) is 20.2. The zero-order chi connectivity index (χ0) is 23.3. The molecule has 7 heteroatoms. The first-order valence-corrected chi connectivity index (χ1v) is 12.4. The maximum atomic E-state index is 6.98. The van der Waals surface area contributed by atoms with Crippen molar-refractivity contribution in [3.63, 3.8) is 0 Å². The molecule has 1 aliphatic carbocycles. The van der Waals surface area contributed by atoms with Gasteiger partial charge in [0.2, 0.25) is 12.5 Å². The summed E-state index contributed by atoms with van der Waals surface area (Å²) in [6.07, 6.45) is 5.73. The lowest BCUT2D eigenvalue weighted by molar-refractivity contribution is -0.117. The Bertz CT molecular complexity index is 1060. The highest BCUT2D eigenvalue weighted by Gasteiger charge is 2.57. The first kappa shape index (κ1) is 21.7. The topological polar surface area (TPSA) is 58.6 Å². The highest BCUT2D eigenvalue weighted by atomic mass is 16.7. The van der Waals surface area contributed by atoms with Gasteiger partial charge in [0.25, 0.3) is 0 Å². The molecule has 2 fully saturated rings. The zero-order valence-corrected chi connectivity index (χ0v) is 20.2. The van der Waals surface area contributed by atoms with E-state index in [0.29, 0.717) is 29.8 Å². The van der Waals surface area contributed by atoms with Crippen LogP contribution in [-0.2, 0) is 0 Å². The van der Waals surface area contributed by atoms with Gasteiger partial charge in [-0.25, -0.2) is 0 Å². The van der Waals surface area contributed by atoms with Crippen molar-refractivity contribution in [2.75, 3.05) is 40.7 Å². The Morgan fingerprint density at radius 1 is 0.941 bits per heavy atom. The van der Waals surface area contributed by atoms with E-state index < -0.39 is 0 Å². The van der Waals surface area contributed by atoms with Crippen LogP contribution in [0.15, 0.2) is 24.3 Å². The Morgan fingerprint density at radius 3 is 2.32 bits per heavy atom. The van der Waals surface area contributed by atoms with Crippen LogP contribution in [0, 0.1) is 5.92 Å². The van der Waals surface area contributed by atoms with Crippen molar-refractivity contribution >= 4 is 0 Å². The third kappa shape index (κ3) is 3.20. The second kappa shape index (κ2) is 8.45. The maximum Gasteiger partial charge on any atom is 0.231 e. The monoisotopic (exact) mass is 467 g/mol. The fourth-order valence-electron chi connectivity index (χ4n) is 6.55. The summed E-state index contributed by atoms with van der Waals surface area (Å²) in [5, 5.41) is 0. The summed E-state index contributed by atoms with van der Waals surface area (Å²) < 4.78 is 35.9. The summed E-state index contributed by atoms with van der Waals surface area (Å²) in [5.74, 6) is 4.88. The lowest BCUT2D eigenvalue weighted by Gasteiger charge is -2.50. The Kier molecular flexibility index (Phi) is 5.40. The summed E-state index contributed by atoms with van der Waals surface area (Å²) >= 11 is 0. The number of fused-ring (bicyclic) bond motifs is 3. The van der Waals surface area contributed by atoms with E-state index in [4.69, 9.17) is 28.4 Å². The minimum absolute atomic E-state index is 0.111. The third-order valence-corrected chi connectivity index (χ3v) is 7.93. The first-order chi connectivity index (χ1) is 16.7. The van der Waals surface area contributed by atoms with Gasteiger partial charge in [0.15, 0.2) is 28.7 Å². The van der Waals surface area contributed by atoms with Gasteiger partial charge in [-0.05, 0) is 56.4 Å². The van der Waals surface area contributed by atoms with Crippen molar-refractivity contribution in [2.24, 2.45) is 5.92 Å². The Morgan fingerprint density at radius 2 is 1.65 bits per heavy atom. The lowest BCUT2D eigenvalue weighted by atomic mass is 9.73. The highest BCUT2D eigenvalue weighted by molar-refractivity contribution is 5.60. The van der Waals surface area contributed by atoms with Gasteiger partial charge in [-0.3, -0.25) is 4.90 Å². The summed E-state index contributed by atoms with van der Waals surface area (Å²) in [5.41, 5.74) is 1.98. The molecule has 3 heterocycles. The molecule has 3 unspecified atom stereocenters. The largest absolute Gasteiger partial charge is 0.493 e. The van der Waals surface area contributed by atoms with Crippen LogP contribution in [0.4, 0.5) is 0 Å². The van der Waals surface area contributed by atoms with Crippen molar-refractivity contribution in [2.45, 2.75) is 50.7 Å². The van der Waals surface area contributed by atoms with Gasteiger partial charge in [0, 0.05) is 43.0 Å². The highest BCUT2D eigenvalue weighted by Crippen LogP contribution is 2.59. The number of ether oxygens (including phenoxy) is 6. The molecule has 0 spiro atoms. The molecule has 4 aliphatic rings. The van der Waals surface area contributed by atoms with Gasteiger partial charge in [0.1, 0.15) is 5.75 Å². The molecule has 0 N–H and O–H groups in total. The van der Waals surface area contributed by atoms with E-state index in [9.17, 15) is 0 Å². The number of likely N-dealkylation sites (tertiary alicyclic amines) is 1. The van der Waals surface area contributed by atoms with Crippen LogP contribution in [0.25, 0.3) is 0 Å². The van der Waals surface area contributed by atoms with E-state index in [1.807, 2.05) is 13.0 Å². The molecular formula is C27H33NO6. The SMILES string of the molecule is CCOc1c(OC)cc(C2c3cc4c(cc3OC3(N5CCCC5)CCCC23)OCO4)cc1OC. The molecule has 2 aromatic rings. The standard InChI is InChI=1S/C27H33NO6/c1-4-31-26-23(29-2)12-17(13-24(26)30-3)25-18-14-21-22(33-16-32-21)15-20(18)34-27(9-7-8-19(25)27)28-10-5-6-11-28/h12-15,19,25H,4-11,16H2,1-3H3. The maximum absolute atomic E-state index is 6.98. The van der Waals surface area contributed by atoms with Crippen LogP contribution < -0.4 is 28.4 Å². The normalized spacial score (nSPS) is 27.1. The van der Waals surface area contributed by atoms with Crippen molar-refractivity contribution in [3.05, 3.63) is 35.4 Å². The van der Waals surface area contributed by atoms with Gasteiger partial charge in [-0.1, -0.05) is 0 Å². The first-order valence-electron chi connectivity index (χ1n) is 12.4. The Hall–Kier alpha value is -2.80. The van der Waals surface area contributed by atoms with Crippen molar-refractivity contribution in [1.82, 2.24) is 4.90 Å². The van der Waals surface area contributed by atoms with Crippen molar-refractivity contribution < 1.29 is 28.4 Å². The molecule has 1 saturated carbocycles. The summed E-state index contributed by atoms with van der Waals surface area (Å²) in [6.45, 7) is 4.91. The van der Waals surface area contributed by atoms with Crippen LogP contribution in [-0.4, -0.2) is 51.3 Å². The van der Waals surface area contributed by atoms with Crippen LogP contribution in [0.1, 0.15) is 56.1 Å². The number of benzene rings is 2. The number of nitrogens with zero attached hydrogens (tertiary/aromatic N) is 1. The molecule has 7 nitrogen and oxygen atoms in total. The molecule has 1 saturated heterocycles. The minimum Gasteiger partial charge on any atom is -0.493 e. The third-order valence-electron chi connectivity index (χ3n) is 7.93. The van der Waals surface area contributed by atoms with Gasteiger partial charge in [0.05, 0.1) is 20.8 Å².